The van der Waals surface area contributed by atoms with Crippen molar-refractivity contribution >= 4 is 27.3 Å². The van der Waals surface area contributed by atoms with E-state index in [9.17, 15) is 17.6 Å². The van der Waals surface area contributed by atoms with Crippen molar-refractivity contribution in [3.05, 3.63) is 48.3 Å². The first-order valence-electron chi connectivity index (χ1n) is 7.81. The Kier molecular flexibility index (Phi) is 5.56. The number of ether oxygens (including phenoxy) is 1. The van der Waals surface area contributed by atoms with Crippen LogP contribution in [0.1, 0.15) is 20.8 Å². The van der Waals surface area contributed by atoms with Crippen LogP contribution in [0.25, 0.3) is 0 Å². The largest absolute Gasteiger partial charge is 0.495 e. The SMILES string of the molecule is COc1cccc(F)c1S(=O)(=O)Nc1ccc(NC(=O)C(C)(C)C)cc1. The summed E-state index contributed by atoms with van der Waals surface area (Å²) in [7, 11) is -2.92. The van der Waals surface area contributed by atoms with Crippen LogP contribution < -0.4 is 14.8 Å². The Morgan fingerprint density at radius 3 is 2.15 bits per heavy atom. The zero-order chi connectivity index (χ0) is 19.5. The van der Waals surface area contributed by atoms with Crippen molar-refractivity contribution < 1.29 is 22.3 Å². The standard InChI is InChI=1S/C18H21FN2O4S/c1-18(2,3)17(22)20-12-8-10-13(11-9-12)21-26(23,24)16-14(19)6-5-7-15(16)25-4/h5-11,21H,1-4H3,(H,20,22). The molecule has 0 aromatic heterocycles. The second-order valence-electron chi connectivity index (χ2n) is 6.66. The number of hydrogen-bond donors (Lipinski definition) is 2. The molecule has 2 aromatic carbocycles. The first-order chi connectivity index (χ1) is 12.0. The average molecular weight is 380 g/mol. The summed E-state index contributed by atoms with van der Waals surface area (Å²) in [6.45, 7) is 5.35. The summed E-state index contributed by atoms with van der Waals surface area (Å²) in [5.74, 6) is -1.17. The number of hydrogen-bond acceptors (Lipinski definition) is 4. The Hall–Kier alpha value is -2.61. The molecule has 0 fully saturated rings. The van der Waals surface area contributed by atoms with Gasteiger partial charge in [0.2, 0.25) is 5.91 Å². The molecule has 6 nitrogen and oxygen atoms in total. The van der Waals surface area contributed by atoms with Crippen LogP contribution in [0.2, 0.25) is 0 Å². The Morgan fingerprint density at radius 1 is 1.04 bits per heavy atom. The van der Waals surface area contributed by atoms with E-state index in [2.05, 4.69) is 10.0 Å². The predicted molar refractivity (Wildman–Crippen MR) is 98.3 cm³/mol. The second kappa shape index (κ2) is 7.33. The first-order valence-corrected chi connectivity index (χ1v) is 9.30. The van der Waals surface area contributed by atoms with Gasteiger partial charge < -0.3 is 10.1 Å². The molecule has 140 valence electrons. The molecule has 2 rings (SSSR count). The molecule has 0 bridgehead atoms. The summed E-state index contributed by atoms with van der Waals surface area (Å²) in [5, 5.41) is 2.73. The Balaban J connectivity index is 2.23. The molecule has 26 heavy (non-hydrogen) atoms. The van der Waals surface area contributed by atoms with Gasteiger partial charge in [0.05, 0.1) is 7.11 Å². The summed E-state index contributed by atoms with van der Waals surface area (Å²) in [6.07, 6.45) is 0. The van der Waals surface area contributed by atoms with Crippen LogP contribution in [0.3, 0.4) is 0 Å². The highest BCUT2D eigenvalue weighted by Crippen LogP contribution is 2.28. The Labute approximate surface area is 152 Å². The lowest BCUT2D eigenvalue weighted by molar-refractivity contribution is -0.123. The molecule has 0 aliphatic rings. The molecule has 0 saturated heterocycles. The topological polar surface area (TPSA) is 84.5 Å². The van der Waals surface area contributed by atoms with E-state index in [-0.39, 0.29) is 17.3 Å². The maximum absolute atomic E-state index is 14.0. The van der Waals surface area contributed by atoms with E-state index in [0.717, 1.165) is 6.07 Å². The predicted octanol–water partition coefficient (Wildman–Crippen LogP) is 3.62. The summed E-state index contributed by atoms with van der Waals surface area (Å²) in [5.41, 5.74) is 0.196. The fourth-order valence-electron chi connectivity index (χ4n) is 2.06. The average Bonchev–Trinajstić information content (AvgIpc) is 2.54. The molecule has 0 aliphatic carbocycles. The minimum atomic E-state index is -4.18. The van der Waals surface area contributed by atoms with Gasteiger partial charge in [-0.05, 0) is 36.4 Å². The highest BCUT2D eigenvalue weighted by molar-refractivity contribution is 7.92. The lowest BCUT2D eigenvalue weighted by Crippen LogP contribution is -2.27. The molecular formula is C18H21FN2O4S. The van der Waals surface area contributed by atoms with Crippen LogP contribution in [-0.2, 0) is 14.8 Å². The highest BCUT2D eigenvalue weighted by atomic mass is 32.2. The zero-order valence-electron chi connectivity index (χ0n) is 15.0. The van der Waals surface area contributed by atoms with Crippen molar-refractivity contribution in [2.24, 2.45) is 5.41 Å². The van der Waals surface area contributed by atoms with Gasteiger partial charge in [-0.25, -0.2) is 12.8 Å². The third kappa shape index (κ3) is 4.51. The van der Waals surface area contributed by atoms with Gasteiger partial charge >= 0.3 is 0 Å². The van der Waals surface area contributed by atoms with E-state index < -0.39 is 26.2 Å². The molecule has 0 atom stereocenters. The number of carbonyl (C=O) groups is 1. The third-order valence-corrected chi connectivity index (χ3v) is 4.93. The number of benzene rings is 2. The molecule has 1 amide bonds. The van der Waals surface area contributed by atoms with Gasteiger partial charge in [-0.2, -0.15) is 0 Å². The van der Waals surface area contributed by atoms with Crippen LogP contribution in [0.15, 0.2) is 47.4 Å². The fourth-order valence-corrected chi connectivity index (χ4v) is 3.35. The number of nitrogens with one attached hydrogen (secondary N) is 2. The van der Waals surface area contributed by atoms with Crippen LogP contribution in [0, 0.1) is 11.2 Å². The summed E-state index contributed by atoms with van der Waals surface area (Å²) < 4.78 is 46.2. The van der Waals surface area contributed by atoms with E-state index in [1.165, 1.54) is 31.4 Å². The van der Waals surface area contributed by atoms with E-state index in [0.29, 0.717) is 5.69 Å². The number of sulfonamides is 1. The van der Waals surface area contributed by atoms with E-state index in [1.807, 2.05) is 0 Å². The minimum absolute atomic E-state index is 0.0911. The van der Waals surface area contributed by atoms with Crippen molar-refractivity contribution in [3.63, 3.8) is 0 Å². The van der Waals surface area contributed by atoms with Crippen LogP contribution >= 0.6 is 0 Å². The van der Waals surface area contributed by atoms with Crippen molar-refractivity contribution in [1.82, 2.24) is 0 Å². The first kappa shape index (κ1) is 19.7. The Morgan fingerprint density at radius 2 is 1.62 bits per heavy atom. The third-order valence-electron chi connectivity index (χ3n) is 3.50. The van der Waals surface area contributed by atoms with Gasteiger partial charge in [0.25, 0.3) is 10.0 Å². The van der Waals surface area contributed by atoms with Crippen molar-refractivity contribution in [2.45, 2.75) is 25.7 Å². The number of amides is 1. The number of anilines is 2. The van der Waals surface area contributed by atoms with Gasteiger partial charge in [0.15, 0.2) is 4.90 Å². The minimum Gasteiger partial charge on any atom is -0.495 e. The molecule has 0 radical (unpaired) electrons. The molecule has 0 spiro atoms. The van der Waals surface area contributed by atoms with Gasteiger partial charge in [-0.15, -0.1) is 0 Å². The number of halogens is 1. The highest BCUT2D eigenvalue weighted by Gasteiger charge is 2.24. The van der Waals surface area contributed by atoms with Crippen molar-refractivity contribution in [3.8, 4) is 5.75 Å². The molecule has 0 aliphatic heterocycles. The lowest BCUT2D eigenvalue weighted by atomic mass is 9.95. The maximum Gasteiger partial charge on any atom is 0.268 e. The molecule has 0 heterocycles. The number of rotatable bonds is 5. The van der Waals surface area contributed by atoms with Gasteiger partial charge in [0, 0.05) is 16.8 Å². The zero-order valence-corrected chi connectivity index (χ0v) is 15.8. The van der Waals surface area contributed by atoms with Crippen LogP contribution in [0.5, 0.6) is 5.75 Å². The molecule has 2 N–H and O–H groups in total. The monoisotopic (exact) mass is 380 g/mol. The number of carbonyl (C=O) groups excluding carboxylic acids is 1. The normalized spacial score (nSPS) is 11.7. The van der Waals surface area contributed by atoms with Gasteiger partial charge in [0.1, 0.15) is 11.6 Å². The van der Waals surface area contributed by atoms with E-state index >= 15 is 0 Å². The van der Waals surface area contributed by atoms with E-state index in [1.54, 1.807) is 32.9 Å². The van der Waals surface area contributed by atoms with Crippen LogP contribution in [-0.4, -0.2) is 21.4 Å². The molecule has 0 unspecified atom stereocenters. The quantitative estimate of drug-likeness (QED) is 0.830. The smallest absolute Gasteiger partial charge is 0.268 e. The molecule has 2 aromatic rings. The second-order valence-corrected chi connectivity index (χ2v) is 8.28. The summed E-state index contributed by atoms with van der Waals surface area (Å²) in [6, 6.07) is 9.83. The molecule has 0 saturated carbocycles. The van der Waals surface area contributed by atoms with E-state index in [4.69, 9.17) is 4.74 Å². The van der Waals surface area contributed by atoms with Crippen LogP contribution in [0.4, 0.5) is 15.8 Å². The fraction of sp³-hybridized carbons (Fsp3) is 0.278. The van der Waals surface area contributed by atoms with Crippen molar-refractivity contribution in [1.29, 1.82) is 0 Å². The Bertz CT molecular complexity index is 904. The summed E-state index contributed by atoms with van der Waals surface area (Å²) >= 11 is 0. The maximum atomic E-state index is 14.0. The number of methoxy groups -OCH3 is 1. The van der Waals surface area contributed by atoms with Crippen molar-refractivity contribution in [2.75, 3.05) is 17.1 Å². The lowest BCUT2D eigenvalue weighted by Gasteiger charge is -2.18. The molecular weight excluding hydrogens is 359 g/mol. The van der Waals surface area contributed by atoms with Gasteiger partial charge in [-0.1, -0.05) is 26.8 Å². The molecule has 8 heteroatoms. The van der Waals surface area contributed by atoms with Gasteiger partial charge in [-0.3, -0.25) is 9.52 Å². The summed E-state index contributed by atoms with van der Waals surface area (Å²) in [4.78, 5) is 11.4.